The van der Waals surface area contributed by atoms with Gasteiger partial charge in [-0.15, -0.1) is 0 Å². The SMILES string of the molecule is CCC(C)(C)C(=O)OCCOCCOCCOCCOCCOCCOCCOCCOCCOCCOCCOCCOCCOCCOCCO. The van der Waals surface area contributed by atoms with E-state index in [1.807, 2.05) is 20.8 Å². The molecule has 0 atom stereocenters. The van der Waals surface area contributed by atoms with E-state index >= 15 is 0 Å². The van der Waals surface area contributed by atoms with Crippen LogP contribution >= 0.6 is 0 Å². The number of aliphatic hydroxyl groups excluding tert-OH is 1. The maximum absolute atomic E-state index is 11.8. The van der Waals surface area contributed by atoms with Crippen LogP contribution in [0.5, 0.6) is 0 Å². The summed E-state index contributed by atoms with van der Waals surface area (Å²) in [7, 11) is 0. The highest BCUT2D eigenvalue weighted by Gasteiger charge is 2.26. The number of hydrogen-bond donors (Lipinski definition) is 1. The zero-order valence-corrected chi connectivity index (χ0v) is 32.9. The van der Waals surface area contributed by atoms with Gasteiger partial charge in [-0.2, -0.15) is 0 Å². The highest BCUT2D eigenvalue weighted by molar-refractivity contribution is 5.75. The molecule has 0 fully saturated rings. The number of esters is 1. The molecule has 0 saturated carbocycles. The fraction of sp³-hybridized carbons (Fsp3) is 0.972. The van der Waals surface area contributed by atoms with Gasteiger partial charge in [0.25, 0.3) is 0 Å². The van der Waals surface area contributed by atoms with Gasteiger partial charge in [-0.1, -0.05) is 6.92 Å². The second kappa shape index (κ2) is 43.6. The van der Waals surface area contributed by atoms with Crippen molar-refractivity contribution in [2.45, 2.75) is 27.2 Å². The van der Waals surface area contributed by atoms with Gasteiger partial charge >= 0.3 is 5.97 Å². The first-order valence-electron chi connectivity index (χ1n) is 18.9. The molecule has 1 N–H and O–H groups in total. The van der Waals surface area contributed by atoms with E-state index < -0.39 is 5.41 Å². The van der Waals surface area contributed by atoms with E-state index in [9.17, 15) is 4.79 Å². The molecule has 0 aliphatic heterocycles. The van der Waals surface area contributed by atoms with Gasteiger partial charge in [0.15, 0.2) is 0 Å². The molecule has 0 aromatic carbocycles. The van der Waals surface area contributed by atoms with E-state index in [2.05, 4.69) is 0 Å². The molecular formula is C36H72O17. The molecule has 318 valence electrons. The molecule has 0 rings (SSSR count). The first-order valence-corrected chi connectivity index (χ1v) is 18.9. The summed E-state index contributed by atoms with van der Waals surface area (Å²) >= 11 is 0. The third-order valence-electron chi connectivity index (χ3n) is 6.97. The van der Waals surface area contributed by atoms with Gasteiger partial charge < -0.3 is 76.2 Å². The molecule has 0 bridgehead atoms. The van der Waals surface area contributed by atoms with Gasteiger partial charge in [-0.25, -0.2) is 0 Å². The Morgan fingerprint density at radius 1 is 0.340 bits per heavy atom. The third-order valence-corrected chi connectivity index (χ3v) is 6.97. The molecule has 0 aliphatic carbocycles. The van der Waals surface area contributed by atoms with Crippen LogP contribution in [0.25, 0.3) is 0 Å². The zero-order valence-electron chi connectivity index (χ0n) is 32.9. The zero-order chi connectivity index (χ0) is 38.6. The van der Waals surface area contributed by atoms with Gasteiger partial charge in [-0.3, -0.25) is 4.79 Å². The molecule has 0 aliphatic rings. The van der Waals surface area contributed by atoms with E-state index in [-0.39, 0.29) is 19.2 Å². The molecule has 17 nitrogen and oxygen atoms in total. The van der Waals surface area contributed by atoms with Crippen molar-refractivity contribution < 1.29 is 81.0 Å². The van der Waals surface area contributed by atoms with Crippen molar-refractivity contribution in [3.63, 3.8) is 0 Å². The molecular weight excluding hydrogens is 704 g/mol. The topological polar surface area (TPSA) is 176 Å². The number of rotatable bonds is 46. The Morgan fingerprint density at radius 3 is 0.679 bits per heavy atom. The molecule has 0 spiro atoms. The van der Waals surface area contributed by atoms with Crippen LogP contribution in [-0.2, 0) is 75.8 Å². The van der Waals surface area contributed by atoms with Crippen molar-refractivity contribution in [3.05, 3.63) is 0 Å². The number of aliphatic hydroxyl groups is 1. The second-order valence-corrected chi connectivity index (χ2v) is 11.7. The van der Waals surface area contributed by atoms with Crippen LogP contribution in [0.4, 0.5) is 0 Å². The number of hydrogen-bond acceptors (Lipinski definition) is 17. The van der Waals surface area contributed by atoms with Gasteiger partial charge in [0.05, 0.1) is 197 Å². The Bertz CT molecular complexity index is 720. The number of carbonyl (C=O) groups excluding carboxylic acids is 1. The number of ether oxygens (including phenoxy) is 15. The van der Waals surface area contributed by atoms with Crippen LogP contribution in [0, 0.1) is 5.41 Å². The molecule has 0 radical (unpaired) electrons. The Labute approximate surface area is 317 Å². The minimum atomic E-state index is -0.461. The smallest absolute Gasteiger partial charge is 0.311 e. The van der Waals surface area contributed by atoms with Crippen LogP contribution < -0.4 is 0 Å². The van der Waals surface area contributed by atoms with Crippen molar-refractivity contribution >= 4 is 5.97 Å². The van der Waals surface area contributed by atoms with Crippen molar-refractivity contribution in [1.82, 2.24) is 0 Å². The van der Waals surface area contributed by atoms with Crippen molar-refractivity contribution in [3.8, 4) is 0 Å². The largest absolute Gasteiger partial charge is 0.463 e. The Balaban J connectivity index is 3.10. The lowest BCUT2D eigenvalue weighted by molar-refractivity contribution is -0.155. The molecule has 0 amide bonds. The summed E-state index contributed by atoms with van der Waals surface area (Å²) in [5.74, 6) is -0.203. The quantitative estimate of drug-likeness (QED) is 0.0689. The first kappa shape index (κ1) is 51.9. The average molecular weight is 777 g/mol. The minimum absolute atomic E-state index is 0.0207. The van der Waals surface area contributed by atoms with E-state index in [0.717, 1.165) is 6.42 Å². The predicted molar refractivity (Wildman–Crippen MR) is 194 cm³/mol. The highest BCUT2D eigenvalue weighted by atomic mass is 16.6. The molecule has 0 saturated heterocycles. The molecule has 53 heavy (non-hydrogen) atoms. The monoisotopic (exact) mass is 776 g/mol. The van der Waals surface area contributed by atoms with E-state index in [1.165, 1.54) is 0 Å². The lowest BCUT2D eigenvalue weighted by Gasteiger charge is -2.20. The lowest BCUT2D eigenvalue weighted by atomic mass is 9.91. The fourth-order valence-corrected chi connectivity index (χ4v) is 3.56. The molecule has 0 aromatic rings. The Morgan fingerprint density at radius 2 is 0.509 bits per heavy atom. The van der Waals surface area contributed by atoms with Gasteiger partial charge in [-0.05, 0) is 20.3 Å². The maximum atomic E-state index is 11.8. The van der Waals surface area contributed by atoms with Crippen LogP contribution in [0.3, 0.4) is 0 Å². The van der Waals surface area contributed by atoms with E-state index in [0.29, 0.717) is 185 Å². The lowest BCUT2D eigenvalue weighted by Crippen LogP contribution is -2.27. The number of carbonyl (C=O) groups is 1. The summed E-state index contributed by atoms with van der Waals surface area (Å²) in [6, 6.07) is 0. The normalized spacial score (nSPS) is 11.8. The summed E-state index contributed by atoms with van der Waals surface area (Å²) in [4.78, 5) is 11.8. The molecule has 0 aromatic heterocycles. The van der Waals surface area contributed by atoms with E-state index in [4.69, 9.17) is 76.2 Å². The van der Waals surface area contributed by atoms with Crippen LogP contribution in [0.1, 0.15) is 27.2 Å². The molecule has 0 heterocycles. The predicted octanol–water partition coefficient (Wildman–Crippen LogP) is 1.19. The Kier molecular flexibility index (Phi) is 42.7. The summed E-state index contributed by atoms with van der Waals surface area (Å²) in [5, 5.41) is 8.59. The van der Waals surface area contributed by atoms with Gasteiger partial charge in [0.2, 0.25) is 0 Å². The van der Waals surface area contributed by atoms with Crippen molar-refractivity contribution in [2.24, 2.45) is 5.41 Å². The average Bonchev–Trinajstić information content (AvgIpc) is 3.16. The fourth-order valence-electron chi connectivity index (χ4n) is 3.56. The van der Waals surface area contributed by atoms with Crippen molar-refractivity contribution in [2.75, 3.05) is 198 Å². The standard InChI is InChI=1S/C36H72O17/c1-4-36(2,3)35(38)53-34-33-52-32-31-51-30-29-50-28-27-49-26-25-48-24-23-47-22-21-46-20-19-45-18-17-44-16-15-43-14-13-42-12-11-41-10-9-40-8-7-39-6-5-37/h37H,4-34H2,1-3H3. The molecule has 17 heteroatoms. The summed E-state index contributed by atoms with van der Waals surface area (Å²) in [6.07, 6.45) is 0.733. The Hall–Kier alpha value is -1.13. The summed E-state index contributed by atoms with van der Waals surface area (Å²) in [6.45, 7) is 19.3. The third kappa shape index (κ3) is 41.9. The van der Waals surface area contributed by atoms with Crippen molar-refractivity contribution in [1.29, 1.82) is 0 Å². The summed E-state index contributed by atoms with van der Waals surface area (Å²) in [5.41, 5.74) is -0.461. The second-order valence-electron chi connectivity index (χ2n) is 11.7. The van der Waals surface area contributed by atoms with Gasteiger partial charge in [0.1, 0.15) is 6.61 Å². The van der Waals surface area contributed by atoms with Crippen LogP contribution in [-0.4, -0.2) is 209 Å². The maximum Gasteiger partial charge on any atom is 0.311 e. The van der Waals surface area contributed by atoms with Gasteiger partial charge in [0, 0.05) is 0 Å². The minimum Gasteiger partial charge on any atom is -0.463 e. The highest BCUT2D eigenvalue weighted by Crippen LogP contribution is 2.21. The summed E-state index contributed by atoms with van der Waals surface area (Å²) < 4.78 is 81.1. The van der Waals surface area contributed by atoms with Crippen LogP contribution in [0.15, 0.2) is 0 Å². The van der Waals surface area contributed by atoms with Crippen LogP contribution in [0.2, 0.25) is 0 Å². The molecule has 0 unspecified atom stereocenters. The van der Waals surface area contributed by atoms with E-state index in [1.54, 1.807) is 0 Å². The first-order chi connectivity index (χ1) is 26.0.